The molecule has 8 nitrogen and oxygen atoms in total. The molecule has 3 heterocycles. The number of carbonyl (C=O) groups excluding carboxylic acids is 2. The predicted octanol–water partition coefficient (Wildman–Crippen LogP) is 1.95. The first-order valence-electron chi connectivity index (χ1n) is 9.66. The van der Waals surface area contributed by atoms with Crippen molar-refractivity contribution in [3.05, 3.63) is 53.2 Å². The molecule has 2 aromatic heterocycles. The first-order valence-corrected chi connectivity index (χ1v) is 11.5. The van der Waals surface area contributed by atoms with Crippen LogP contribution in [-0.2, 0) is 30.7 Å². The van der Waals surface area contributed by atoms with E-state index in [1.54, 1.807) is 12.3 Å². The molecule has 1 atom stereocenters. The summed E-state index contributed by atoms with van der Waals surface area (Å²) in [5.74, 6) is -0.182. The fraction of sp³-hybridized carbons (Fsp3) is 0.429. The number of hydrogen-bond acceptors (Lipinski definition) is 6. The number of rotatable bonds is 7. The Morgan fingerprint density at radius 3 is 2.77 bits per heavy atom. The van der Waals surface area contributed by atoms with Crippen molar-refractivity contribution in [3.8, 4) is 0 Å². The molecule has 1 aliphatic heterocycles. The smallest absolute Gasteiger partial charge is 0.331 e. The molecule has 0 aliphatic carbocycles. The van der Waals surface area contributed by atoms with Gasteiger partial charge in [0.2, 0.25) is 0 Å². The number of sulfone groups is 1. The summed E-state index contributed by atoms with van der Waals surface area (Å²) in [6.07, 6.45) is 4.98. The van der Waals surface area contributed by atoms with Gasteiger partial charge in [0.1, 0.15) is 5.76 Å². The van der Waals surface area contributed by atoms with Gasteiger partial charge in [-0.15, -0.1) is 0 Å². The summed E-state index contributed by atoms with van der Waals surface area (Å²) in [6, 6.07) is 5.34. The van der Waals surface area contributed by atoms with Gasteiger partial charge in [0, 0.05) is 30.6 Å². The maximum absolute atomic E-state index is 12.2. The lowest BCUT2D eigenvalue weighted by atomic mass is 10.2. The first kappa shape index (κ1) is 21.9. The number of aryl methyl sites for hydroxylation is 1. The molecule has 0 radical (unpaired) electrons. The molecule has 30 heavy (non-hydrogen) atoms. The Hall–Kier alpha value is -2.81. The van der Waals surface area contributed by atoms with Gasteiger partial charge in [0.05, 0.1) is 24.3 Å². The van der Waals surface area contributed by atoms with E-state index in [0.717, 1.165) is 22.7 Å². The van der Waals surface area contributed by atoms with Gasteiger partial charge < -0.3 is 18.6 Å². The van der Waals surface area contributed by atoms with Gasteiger partial charge in [-0.05, 0) is 50.1 Å². The number of hydrogen-bond donors (Lipinski definition) is 0. The van der Waals surface area contributed by atoms with Crippen LogP contribution in [0.15, 0.2) is 35.0 Å². The van der Waals surface area contributed by atoms with E-state index in [4.69, 9.17) is 9.15 Å². The zero-order valence-electron chi connectivity index (χ0n) is 17.3. The van der Waals surface area contributed by atoms with Crippen molar-refractivity contribution in [3.63, 3.8) is 0 Å². The van der Waals surface area contributed by atoms with E-state index in [1.807, 2.05) is 32.0 Å². The number of amides is 1. The Morgan fingerprint density at radius 1 is 1.37 bits per heavy atom. The molecule has 0 N–H and O–H groups in total. The van der Waals surface area contributed by atoms with Crippen molar-refractivity contribution in [1.29, 1.82) is 0 Å². The minimum Gasteiger partial charge on any atom is -0.467 e. The molecule has 3 rings (SSSR count). The van der Waals surface area contributed by atoms with Crippen LogP contribution >= 0.6 is 0 Å². The van der Waals surface area contributed by atoms with E-state index < -0.39 is 28.3 Å². The fourth-order valence-corrected chi connectivity index (χ4v) is 5.30. The Labute approximate surface area is 176 Å². The van der Waals surface area contributed by atoms with Crippen LogP contribution in [0.4, 0.5) is 0 Å². The molecule has 0 bridgehead atoms. The molecule has 1 unspecified atom stereocenters. The Kier molecular flexibility index (Phi) is 6.50. The standard InChI is InChI=1S/C21H26N2O6S/c1-15-11-17(16(2)23(15)12-19-5-4-9-28-19)6-7-21(25)29-13-20(24)22(3)18-8-10-30(26,27)14-18/h4-7,9,11,18H,8,10,12-14H2,1-3H3/b7-6+. The number of carbonyl (C=O) groups is 2. The normalized spacial score (nSPS) is 18.0. The molecule has 0 aromatic carbocycles. The van der Waals surface area contributed by atoms with E-state index in [-0.39, 0.29) is 17.5 Å². The van der Waals surface area contributed by atoms with Crippen LogP contribution in [0.5, 0.6) is 0 Å². The maximum atomic E-state index is 12.2. The van der Waals surface area contributed by atoms with Crippen molar-refractivity contribution in [1.82, 2.24) is 9.47 Å². The van der Waals surface area contributed by atoms with Gasteiger partial charge in [-0.25, -0.2) is 13.2 Å². The second-order valence-electron chi connectivity index (χ2n) is 7.49. The van der Waals surface area contributed by atoms with E-state index in [2.05, 4.69) is 4.57 Å². The largest absolute Gasteiger partial charge is 0.467 e. The van der Waals surface area contributed by atoms with Crippen molar-refractivity contribution < 1.29 is 27.2 Å². The van der Waals surface area contributed by atoms with E-state index in [9.17, 15) is 18.0 Å². The number of aromatic nitrogens is 1. The quantitative estimate of drug-likeness (QED) is 0.488. The van der Waals surface area contributed by atoms with E-state index in [0.29, 0.717) is 13.0 Å². The van der Waals surface area contributed by atoms with E-state index >= 15 is 0 Å². The third-order valence-corrected chi connectivity index (χ3v) is 7.14. The van der Waals surface area contributed by atoms with Crippen LogP contribution in [0, 0.1) is 13.8 Å². The number of nitrogens with zero attached hydrogens (tertiary/aromatic N) is 2. The van der Waals surface area contributed by atoms with Gasteiger partial charge in [0.15, 0.2) is 16.4 Å². The minimum atomic E-state index is -3.09. The van der Waals surface area contributed by atoms with Gasteiger partial charge in [-0.2, -0.15) is 0 Å². The monoisotopic (exact) mass is 434 g/mol. The first-order chi connectivity index (χ1) is 14.2. The second-order valence-corrected chi connectivity index (χ2v) is 9.72. The third kappa shape index (κ3) is 5.21. The Morgan fingerprint density at radius 2 is 2.13 bits per heavy atom. The number of esters is 1. The van der Waals surface area contributed by atoms with Gasteiger partial charge in [-0.1, -0.05) is 0 Å². The van der Waals surface area contributed by atoms with Crippen LogP contribution in [0.25, 0.3) is 6.08 Å². The van der Waals surface area contributed by atoms with Crippen molar-refractivity contribution in [2.75, 3.05) is 25.2 Å². The molecule has 1 aliphatic rings. The van der Waals surface area contributed by atoms with Crippen LogP contribution < -0.4 is 0 Å². The highest BCUT2D eigenvalue weighted by atomic mass is 32.2. The molecule has 0 spiro atoms. The second kappa shape index (κ2) is 8.91. The highest BCUT2D eigenvalue weighted by molar-refractivity contribution is 7.91. The molecule has 9 heteroatoms. The van der Waals surface area contributed by atoms with Crippen LogP contribution in [-0.4, -0.2) is 61.0 Å². The average molecular weight is 435 g/mol. The topological polar surface area (TPSA) is 98.8 Å². The van der Waals surface area contributed by atoms with Crippen LogP contribution in [0.3, 0.4) is 0 Å². The summed E-state index contributed by atoms with van der Waals surface area (Å²) in [5.41, 5.74) is 2.88. The van der Waals surface area contributed by atoms with Crippen molar-refractivity contribution in [2.24, 2.45) is 0 Å². The third-order valence-electron chi connectivity index (χ3n) is 5.39. The SMILES string of the molecule is Cc1cc(/C=C/C(=O)OCC(=O)N(C)C2CCS(=O)(=O)C2)c(C)n1Cc1ccco1. The zero-order valence-corrected chi connectivity index (χ0v) is 18.1. The number of likely N-dealkylation sites (N-methyl/N-ethyl adjacent to an activating group) is 1. The van der Waals surface area contributed by atoms with Crippen molar-refractivity contribution in [2.45, 2.75) is 32.9 Å². The number of ether oxygens (including phenoxy) is 1. The highest BCUT2D eigenvalue weighted by Crippen LogP contribution is 2.19. The Balaban J connectivity index is 1.54. The fourth-order valence-electron chi connectivity index (χ4n) is 3.52. The van der Waals surface area contributed by atoms with Gasteiger partial charge >= 0.3 is 5.97 Å². The molecule has 1 saturated heterocycles. The lowest BCUT2D eigenvalue weighted by Crippen LogP contribution is -2.40. The van der Waals surface area contributed by atoms with E-state index in [1.165, 1.54) is 18.0 Å². The average Bonchev–Trinajstić information content (AvgIpc) is 3.40. The summed E-state index contributed by atoms with van der Waals surface area (Å²) < 4.78 is 35.6. The maximum Gasteiger partial charge on any atom is 0.331 e. The van der Waals surface area contributed by atoms with Gasteiger partial charge in [0.25, 0.3) is 5.91 Å². The summed E-state index contributed by atoms with van der Waals surface area (Å²) in [7, 11) is -1.55. The molecule has 1 amide bonds. The molecular formula is C21H26N2O6S. The lowest BCUT2D eigenvalue weighted by molar-refractivity contribution is -0.148. The van der Waals surface area contributed by atoms with Gasteiger partial charge in [-0.3, -0.25) is 4.79 Å². The highest BCUT2D eigenvalue weighted by Gasteiger charge is 2.32. The molecule has 1 fully saturated rings. The molecule has 0 saturated carbocycles. The summed E-state index contributed by atoms with van der Waals surface area (Å²) in [6.45, 7) is 4.10. The lowest BCUT2D eigenvalue weighted by Gasteiger charge is -2.22. The van der Waals surface area contributed by atoms with Crippen molar-refractivity contribution >= 4 is 27.8 Å². The minimum absolute atomic E-state index is 0.0449. The summed E-state index contributed by atoms with van der Waals surface area (Å²) >= 11 is 0. The molecule has 2 aromatic rings. The summed E-state index contributed by atoms with van der Waals surface area (Å²) in [5, 5.41) is 0. The summed E-state index contributed by atoms with van der Waals surface area (Å²) in [4.78, 5) is 25.6. The zero-order chi connectivity index (χ0) is 21.9. The Bertz CT molecular complexity index is 1050. The van der Waals surface area contributed by atoms with Crippen LogP contribution in [0.2, 0.25) is 0 Å². The number of furan rings is 1. The predicted molar refractivity (Wildman–Crippen MR) is 112 cm³/mol. The molecular weight excluding hydrogens is 408 g/mol. The van der Waals surface area contributed by atoms with Crippen LogP contribution in [0.1, 0.15) is 29.1 Å². The molecule has 162 valence electrons.